The van der Waals surface area contributed by atoms with Crippen LogP contribution in [0.25, 0.3) is 0 Å². The number of hydrogen-bond acceptors (Lipinski definition) is 4. The van der Waals surface area contributed by atoms with Crippen LogP contribution in [0.2, 0.25) is 0 Å². The van der Waals surface area contributed by atoms with Crippen molar-refractivity contribution < 1.29 is 9.18 Å². The molecule has 0 radical (unpaired) electrons. The van der Waals surface area contributed by atoms with Crippen LogP contribution in [0.15, 0.2) is 53.5 Å². The van der Waals surface area contributed by atoms with Crippen molar-refractivity contribution in [1.82, 2.24) is 0 Å². The molecule has 1 aliphatic rings. The number of carbonyl (C=O) groups excluding carboxylic acids is 1. The predicted molar refractivity (Wildman–Crippen MR) is 98.2 cm³/mol. The molecule has 4 nitrogen and oxygen atoms in total. The number of hydrogen-bond donors (Lipinski definition) is 2. The summed E-state index contributed by atoms with van der Waals surface area (Å²) in [6.45, 7) is 3.95. The first-order valence-electron chi connectivity index (χ1n) is 7.59. The molecule has 0 saturated carbocycles. The quantitative estimate of drug-likeness (QED) is 0.882. The molecule has 6 heteroatoms. The van der Waals surface area contributed by atoms with Gasteiger partial charge >= 0.3 is 0 Å². The fraction of sp³-hybridized carbons (Fsp3) is 0.222. The third-order valence-corrected chi connectivity index (χ3v) is 4.46. The Labute approximate surface area is 144 Å². The second-order valence-corrected chi connectivity index (χ2v) is 6.93. The van der Waals surface area contributed by atoms with Crippen molar-refractivity contribution in [3.63, 3.8) is 0 Å². The Morgan fingerprint density at radius 3 is 2.71 bits per heavy atom. The smallest absolute Gasteiger partial charge is 0.234 e. The van der Waals surface area contributed by atoms with Crippen LogP contribution >= 0.6 is 11.8 Å². The number of nitrogens with one attached hydrogen (secondary N) is 2. The molecule has 0 aromatic heterocycles. The number of benzene rings is 2. The van der Waals surface area contributed by atoms with Crippen molar-refractivity contribution in [2.24, 2.45) is 4.99 Å². The summed E-state index contributed by atoms with van der Waals surface area (Å²) >= 11 is 1.35. The summed E-state index contributed by atoms with van der Waals surface area (Å²) in [4.78, 5) is 16.8. The number of rotatable bonds is 3. The van der Waals surface area contributed by atoms with Crippen molar-refractivity contribution in [3.8, 4) is 0 Å². The topological polar surface area (TPSA) is 53.5 Å². The fourth-order valence-corrected chi connectivity index (χ4v) is 3.41. The second kappa shape index (κ2) is 6.65. The van der Waals surface area contributed by atoms with Crippen LogP contribution in [-0.2, 0) is 4.79 Å². The highest BCUT2D eigenvalue weighted by atomic mass is 32.2. The molecule has 0 bridgehead atoms. The zero-order valence-electron chi connectivity index (χ0n) is 13.5. The number of amides is 1. The van der Waals surface area contributed by atoms with Crippen LogP contribution in [0.5, 0.6) is 0 Å². The average Bonchev–Trinajstić information content (AvgIpc) is 2.54. The third-order valence-electron chi connectivity index (χ3n) is 3.47. The summed E-state index contributed by atoms with van der Waals surface area (Å²) in [5.74, 6) is -0.541. The van der Waals surface area contributed by atoms with E-state index in [0.29, 0.717) is 0 Å². The number of fused-ring (bicyclic) bond motifs is 1. The molecule has 0 atom stereocenters. The number of aliphatic imine (C=N–C) groups is 1. The van der Waals surface area contributed by atoms with Crippen LogP contribution in [0.4, 0.5) is 15.8 Å². The van der Waals surface area contributed by atoms with Gasteiger partial charge in [0.2, 0.25) is 5.91 Å². The van der Waals surface area contributed by atoms with Gasteiger partial charge < -0.3 is 10.6 Å². The largest absolute Gasteiger partial charge is 0.361 e. The number of carbonyl (C=O) groups is 1. The van der Waals surface area contributed by atoms with Gasteiger partial charge in [0.05, 0.1) is 11.4 Å². The lowest BCUT2D eigenvalue weighted by Gasteiger charge is -2.30. The molecule has 2 aromatic rings. The Hall–Kier alpha value is -2.34. The molecule has 0 unspecified atom stereocenters. The van der Waals surface area contributed by atoms with Gasteiger partial charge in [-0.2, -0.15) is 0 Å². The lowest BCUT2D eigenvalue weighted by molar-refractivity contribution is -0.113. The van der Waals surface area contributed by atoms with Crippen molar-refractivity contribution in [1.29, 1.82) is 0 Å². The summed E-state index contributed by atoms with van der Waals surface area (Å²) in [7, 11) is 0. The molecule has 1 amide bonds. The Kier molecular flexibility index (Phi) is 4.57. The average molecular weight is 343 g/mol. The van der Waals surface area contributed by atoms with Gasteiger partial charge in [-0.25, -0.2) is 4.39 Å². The SMILES string of the molecule is CC1(C)N=C(SCC(=O)Nc2ccccc2F)c2ccccc2N1. The molecule has 2 aromatic carbocycles. The van der Waals surface area contributed by atoms with Crippen LogP contribution < -0.4 is 10.6 Å². The minimum Gasteiger partial charge on any atom is -0.361 e. The molecular formula is C18H18FN3OS. The van der Waals surface area contributed by atoms with E-state index in [1.54, 1.807) is 18.2 Å². The minimum absolute atomic E-state index is 0.164. The van der Waals surface area contributed by atoms with Gasteiger partial charge in [0.1, 0.15) is 16.5 Å². The molecule has 3 rings (SSSR count). The third kappa shape index (κ3) is 3.76. The van der Waals surface area contributed by atoms with E-state index in [4.69, 9.17) is 0 Å². The summed E-state index contributed by atoms with van der Waals surface area (Å²) < 4.78 is 13.6. The Balaban J connectivity index is 1.70. The molecule has 0 fully saturated rings. The van der Waals surface area contributed by atoms with Gasteiger partial charge in [-0.15, -0.1) is 0 Å². The Morgan fingerprint density at radius 1 is 1.21 bits per heavy atom. The Bertz CT molecular complexity index is 804. The number of thioether (sulfide) groups is 1. The number of anilines is 2. The lowest BCUT2D eigenvalue weighted by atomic mass is 10.1. The summed E-state index contributed by atoms with van der Waals surface area (Å²) in [6.07, 6.45) is 0. The van der Waals surface area contributed by atoms with Crippen molar-refractivity contribution >= 4 is 34.1 Å². The van der Waals surface area contributed by atoms with Gasteiger partial charge in [0.15, 0.2) is 0 Å². The van der Waals surface area contributed by atoms with Gasteiger partial charge in [-0.3, -0.25) is 9.79 Å². The van der Waals surface area contributed by atoms with Crippen molar-refractivity contribution in [2.75, 3.05) is 16.4 Å². The summed E-state index contributed by atoms with van der Waals surface area (Å²) in [5, 5.41) is 6.74. The fourth-order valence-electron chi connectivity index (χ4n) is 2.44. The first kappa shape index (κ1) is 16.5. The number of para-hydroxylation sites is 2. The first-order chi connectivity index (χ1) is 11.4. The standard InChI is InChI=1S/C18H18FN3OS/c1-18(2)21-14-9-5-3-7-12(14)17(22-18)24-11-16(23)20-15-10-6-4-8-13(15)19/h3-10,21H,11H2,1-2H3,(H,20,23). The molecular weight excluding hydrogens is 325 g/mol. The van der Waals surface area contributed by atoms with E-state index in [2.05, 4.69) is 15.6 Å². The van der Waals surface area contributed by atoms with Gasteiger partial charge in [0, 0.05) is 11.3 Å². The zero-order chi connectivity index (χ0) is 17.2. The maximum atomic E-state index is 13.6. The van der Waals surface area contributed by atoms with E-state index in [1.165, 1.54) is 17.8 Å². The molecule has 0 spiro atoms. The molecule has 1 heterocycles. The highest BCUT2D eigenvalue weighted by Crippen LogP contribution is 2.31. The lowest BCUT2D eigenvalue weighted by Crippen LogP contribution is -2.34. The van der Waals surface area contributed by atoms with Gasteiger partial charge in [-0.05, 0) is 32.0 Å². The molecule has 0 aliphatic carbocycles. The monoisotopic (exact) mass is 343 g/mol. The van der Waals surface area contributed by atoms with E-state index >= 15 is 0 Å². The van der Waals surface area contributed by atoms with E-state index < -0.39 is 11.5 Å². The van der Waals surface area contributed by atoms with Gasteiger partial charge in [-0.1, -0.05) is 42.1 Å². The van der Waals surface area contributed by atoms with Crippen molar-refractivity contribution in [2.45, 2.75) is 19.5 Å². The second-order valence-electron chi connectivity index (χ2n) is 5.96. The maximum Gasteiger partial charge on any atom is 0.234 e. The molecule has 2 N–H and O–H groups in total. The first-order valence-corrected chi connectivity index (χ1v) is 8.58. The molecule has 24 heavy (non-hydrogen) atoms. The van der Waals surface area contributed by atoms with Crippen LogP contribution in [-0.4, -0.2) is 22.4 Å². The van der Waals surface area contributed by atoms with E-state index in [9.17, 15) is 9.18 Å². The van der Waals surface area contributed by atoms with E-state index in [-0.39, 0.29) is 17.3 Å². The molecule has 1 aliphatic heterocycles. The van der Waals surface area contributed by atoms with Crippen molar-refractivity contribution in [3.05, 3.63) is 59.9 Å². The highest BCUT2D eigenvalue weighted by Gasteiger charge is 2.26. The zero-order valence-corrected chi connectivity index (χ0v) is 14.3. The van der Waals surface area contributed by atoms with E-state index in [0.717, 1.165) is 16.3 Å². The maximum absolute atomic E-state index is 13.6. The normalized spacial score (nSPS) is 15.0. The Morgan fingerprint density at radius 2 is 1.92 bits per heavy atom. The van der Waals surface area contributed by atoms with Crippen LogP contribution in [0.1, 0.15) is 19.4 Å². The summed E-state index contributed by atoms with van der Waals surface area (Å²) in [6, 6.07) is 14.0. The van der Waals surface area contributed by atoms with Crippen LogP contribution in [0, 0.1) is 5.82 Å². The number of halogens is 1. The van der Waals surface area contributed by atoms with Gasteiger partial charge in [0.25, 0.3) is 0 Å². The minimum atomic E-state index is -0.443. The van der Waals surface area contributed by atoms with E-state index in [1.807, 2.05) is 38.1 Å². The molecule has 0 saturated heterocycles. The predicted octanol–water partition coefficient (Wildman–Crippen LogP) is 4.11. The number of nitrogens with zero attached hydrogens (tertiary/aromatic N) is 1. The molecule has 124 valence electrons. The van der Waals surface area contributed by atoms with Crippen LogP contribution in [0.3, 0.4) is 0 Å². The summed E-state index contributed by atoms with van der Waals surface area (Å²) in [5.41, 5.74) is 1.73. The highest BCUT2D eigenvalue weighted by molar-refractivity contribution is 8.15.